The predicted octanol–water partition coefficient (Wildman–Crippen LogP) is 2.24. The third kappa shape index (κ3) is 2.40. The zero-order chi connectivity index (χ0) is 15.0. The van der Waals surface area contributed by atoms with E-state index in [2.05, 4.69) is 5.32 Å². The van der Waals surface area contributed by atoms with E-state index in [1.54, 1.807) is 24.3 Å². The molecule has 0 unspecified atom stereocenters. The van der Waals surface area contributed by atoms with Crippen molar-refractivity contribution in [3.8, 4) is 0 Å². The summed E-state index contributed by atoms with van der Waals surface area (Å²) in [5, 5.41) is 13.5. The van der Waals surface area contributed by atoms with Crippen LogP contribution in [0.4, 0.5) is 4.79 Å². The van der Waals surface area contributed by atoms with Crippen molar-refractivity contribution in [1.82, 2.24) is 10.2 Å². The van der Waals surface area contributed by atoms with Gasteiger partial charge in [0.1, 0.15) is 5.54 Å². The third-order valence-corrected chi connectivity index (χ3v) is 4.67. The zero-order valence-corrected chi connectivity index (χ0v) is 12.3. The summed E-state index contributed by atoms with van der Waals surface area (Å²) >= 11 is 6.03. The molecule has 1 saturated carbocycles. The van der Waals surface area contributed by atoms with Crippen molar-refractivity contribution in [2.24, 2.45) is 0 Å². The van der Waals surface area contributed by atoms with Gasteiger partial charge in [-0.15, -0.1) is 0 Å². The molecule has 2 fully saturated rings. The Kier molecular flexibility index (Phi) is 3.63. The summed E-state index contributed by atoms with van der Waals surface area (Å²) in [6.07, 6.45) is 2.25. The molecule has 0 bridgehead atoms. The molecule has 5 nitrogen and oxygen atoms in total. The van der Waals surface area contributed by atoms with Gasteiger partial charge in [-0.25, -0.2) is 4.79 Å². The SMILES string of the molecule is O=C1NC2(CCCC2)C(=O)N1C[C@@H](O)c1ccccc1Cl. The Bertz CT molecular complexity index is 584. The van der Waals surface area contributed by atoms with Crippen LogP contribution in [0.1, 0.15) is 37.4 Å². The molecule has 112 valence electrons. The van der Waals surface area contributed by atoms with Crippen LogP contribution in [-0.2, 0) is 4.79 Å². The Balaban J connectivity index is 1.77. The minimum Gasteiger partial charge on any atom is -0.386 e. The molecule has 1 aromatic carbocycles. The van der Waals surface area contributed by atoms with Gasteiger partial charge in [0, 0.05) is 10.6 Å². The maximum atomic E-state index is 12.5. The maximum Gasteiger partial charge on any atom is 0.325 e. The molecular formula is C15H17ClN2O3. The van der Waals surface area contributed by atoms with Crippen LogP contribution in [0.25, 0.3) is 0 Å². The number of carbonyl (C=O) groups is 2. The lowest BCUT2D eigenvalue weighted by Crippen LogP contribution is -2.44. The number of nitrogens with one attached hydrogen (secondary N) is 1. The Hall–Kier alpha value is -1.59. The van der Waals surface area contributed by atoms with E-state index in [-0.39, 0.29) is 12.5 Å². The number of imide groups is 1. The first-order chi connectivity index (χ1) is 10.0. The molecule has 6 heteroatoms. The van der Waals surface area contributed by atoms with Crippen LogP contribution >= 0.6 is 11.6 Å². The lowest BCUT2D eigenvalue weighted by atomic mass is 9.98. The number of urea groups is 1. The molecule has 1 aliphatic heterocycles. The summed E-state index contributed by atoms with van der Waals surface area (Å²) in [6, 6.07) is 6.46. The molecule has 3 rings (SSSR count). The third-order valence-electron chi connectivity index (χ3n) is 4.32. The Morgan fingerprint density at radius 2 is 1.95 bits per heavy atom. The first-order valence-electron chi connectivity index (χ1n) is 7.10. The standard InChI is InChI=1S/C15H17ClN2O3/c16-11-6-2-1-5-10(11)12(19)9-18-13(20)15(17-14(18)21)7-3-4-8-15/h1-2,5-6,12,19H,3-4,7-9H2,(H,17,21)/t12-/m1/s1. The Labute approximate surface area is 127 Å². The zero-order valence-electron chi connectivity index (χ0n) is 11.5. The van der Waals surface area contributed by atoms with Gasteiger partial charge in [-0.1, -0.05) is 42.6 Å². The van der Waals surface area contributed by atoms with Crippen LogP contribution in [0, 0.1) is 0 Å². The first-order valence-corrected chi connectivity index (χ1v) is 7.48. The van der Waals surface area contributed by atoms with Gasteiger partial charge < -0.3 is 10.4 Å². The summed E-state index contributed by atoms with van der Waals surface area (Å²) in [6.45, 7) is -0.0733. The van der Waals surface area contributed by atoms with E-state index in [0.29, 0.717) is 23.4 Å². The first kappa shape index (κ1) is 14.4. The van der Waals surface area contributed by atoms with E-state index < -0.39 is 17.7 Å². The molecule has 1 spiro atoms. The predicted molar refractivity (Wildman–Crippen MR) is 77.9 cm³/mol. The highest BCUT2D eigenvalue weighted by atomic mass is 35.5. The topological polar surface area (TPSA) is 69.6 Å². The summed E-state index contributed by atoms with van der Waals surface area (Å²) in [5.41, 5.74) is -0.218. The van der Waals surface area contributed by atoms with Gasteiger partial charge in [0.2, 0.25) is 0 Å². The maximum absolute atomic E-state index is 12.5. The van der Waals surface area contributed by atoms with Gasteiger partial charge in [0.05, 0.1) is 12.6 Å². The second-order valence-electron chi connectivity index (χ2n) is 5.67. The van der Waals surface area contributed by atoms with Crippen LogP contribution in [0.5, 0.6) is 0 Å². The smallest absolute Gasteiger partial charge is 0.325 e. The molecule has 21 heavy (non-hydrogen) atoms. The van der Waals surface area contributed by atoms with Crippen molar-refractivity contribution in [3.63, 3.8) is 0 Å². The number of carbonyl (C=O) groups excluding carboxylic acids is 2. The van der Waals surface area contributed by atoms with Crippen LogP contribution in [-0.4, -0.2) is 34.0 Å². The average molecular weight is 309 g/mol. The molecule has 2 aliphatic rings. The summed E-state index contributed by atoms with van der Waals surface area (Å²) in [7, 11) is 0. The van der Waals surface area contributed by atoms with Gasteiger partial charge in [-0.2, -0.15) is 0 Å². The Morgan fingerprint density at radius 3 is 2.62 bits per heavy atom. The minimum absolute atomic E-state index is 0.0733. The number of aliphatic hydroxyl groups is 1. The molecule has 1 heterocycles. The number of hydrogen-bond acceptors (Lipinski definition) is 3. The van der Waals surface area contributed by atoms with Crippen molar-refractivity contribution in [2.45, 2.75) is 37.3 Å². The van der Waals surface area contributed by atoms with E-state index in [9.17, 15) is 14.7 Å². The molecule has 1 aromatic rings. The number of amides is 3. The van der Waals surface area contributed by atoms with Gasteiger partial charge in [0.15, 0.2) is 0 Å². The summed E-state index contributed by atoms with van der Waals surface area (Å²) in [5.74, 6) is -0.226. The fourth-order valence-electron chi connectivity index (χ4n) is 3.18. The molecule has 2 N–H and O–H groups in total. The van der Waals surface area contributed by atoms with Crippen LogP contribution < -0.4 is 5.32 Å². The lowest BCUT2D eigenvalue weighted by Gasteiger charge is -2.22. The van der Waals surface area contributed by atoms with Gasteiger partial charge in [-0.3, -0.25) is 9.69 Å². The lowest BCUT2D eigenvalue weighted by molar-refractivity contribution is -0.132. The van der Waals surface area contributed by atoms with Crippen LogP contribution in [0.2, 0.25) is 5.02 Å². The van der Waals surface area contributed by atoms with Crippen molar-refractivity contribution >= 4 is 23.5 Å². The minimum atomic E-state index is -0.982. The molecule has 0 aromatic heterocycles. The van der Waals surface area contributed by atoms with Gasteiger partial charge in [0.25, 0.3) is 5.91 Å². The summed E-state index contributed by atoms with van der Waals surface area (Å²) in [4.78, 5) is 25.6. The van der Waals surface area contributed by atoms with Crippen molar-refractivity contribution in [3.05, 3.63) is 34.9 Å². The molecule has 0 radical (unpaired) electrons. The number of β-amino-alcohol motifs (C(OH)–C–C–N with tert-alkyl or cyclic N) is 1. The number of rotatable bonds is 3. The summed E-state index contributed by atoms with van der Waals surface area (Å²) < 4.78 is 0. The van der Waals surface area contributed by atoms with Crippen molar-refractivity contribution in [2.75, 3.05) is 6.54 Å². The van der Waals surface area contributed by atoms with E-state index in [4.69, 9.17) is 11.6 Å². The average Bonchev–Trinajstić information content (AvgIpc) is 3.01. The van der Waals surface area contributed by atoms with E-state index in [1.807, 2.05) is 0 Å². The van der Waals surface area contributed by atoms with Crippen molar-refractivity contribution < 1.29 is 14.7 Å². The Morgan fingerprint density at radius 1 is 1.29 bits per heavy atom. The van der Waals surface area contributed by atoms with E-state index in [1.165, 1.54) is 0 Å². The second-order valence-corrected chi connectivity index (χ2v) is 6.08. The number of nitrogens with zero attached hydrogens (tertiary/aromatic N) is 1. The fourth-order valence-corrected chi connectivity index (χ4v) is 3.44. The van der Waals surface area contributed by atoms with Gasteiger partial charge in [-0.05, 0) is 18.9 Å². The molecule has 1 aliphatic carbocycles. The quantitative estimate of drug-likeness (QED) is 0.841. The monoisotopic (exact) mass is 308 g/mol. The molecule has 1 atom stereocenters. The van der Waals surface area contributed by atoms with Gasteiger partial charge >= 0.3 is 6.03 Å². The normalized spacial score (nSPS) is 21.9. The highest BCUT2D eigenvalue weighted by Gasteiger charge is 2.52. The van der Waals surface area contributed by atoms with Crippen LogP contribution in [0.3, 0.4) is 0 Å². The molecule has 3 amide bonds. The number of halogens is 1. The highest BCUT2D eigenvalue weighted by Crippen LogP contribution is 2.36. The van der Waals surface area contributed by atoms with Crippen molar-refractivity contribution in [1.29, 1.82) is 0 Å². The molecule has 1 saturated heterocycles. The number of aliphatic hydroxyl groups excluding tert-OH is 1. The molecular weight excluding hydrogens is 292 g/mol. The number of hydrogen-bond donors (Lipinski definition) is 2. The fraction of sp³-hybridized carbons (Fsp3) is 0.467. The second kappa shape index (κ2) is 5.31. The van der Waals surface area contributed by atoms with E-state index >= 15 is 0 Å². The largest absolute Gasteiger partial charge is 0.386 e. The number of benzene rings is 1. The highest BCUT2D eigenvalue weighted by molar-refractivity contribution is 6.31. The van der Waals surface area contributed by atoms with E-state index in [0.717, 1.165) is 17.7 Å². The van der Waals surface area contributed by atoms with Crippen LogP contribution in [0.15, 0.2) is 24.3 Å².